The number of hydrogen-bond donors (Lipinski definition) is 2. The van der Waals surface area contributed by atoms with E-state index in [-0.39, 0.29) is 25.7 Å². The lowest BCUT2D eigenvalue weighted by atomic mass is 10.2. The van der Waals surface area contributed by atoms with E-state index in [1.807, 2.05) is 13.8 Å². The molecule has 0 aromatic heterocycles. The van der Waals surface area contributed by atoms with Crippen LogP contribution < -0.4 is 5.32 Å². The van der Waals surface area contributed by atoms with Crippen molar-refractivity contribution in [2.45, 2.75) is 26.1 Å². The maximum absolute atomic E-state index is 12.2. The Labute approximate surface area is 100 Å². The summed E-state index contributed by atoms with van der Waals surface area (Å²) >= 11 is 0. The number of nitrogens with one attached hydrogen (secondary N) is 1. The van der Waals surface area contributed by atoms with Crippen LogP contribution in [-0.2, 0) is 0 Å². The standard InChI is InChI=1S/C11H21F3N2O/c1-9(2)15-6-10(3)7-16(4-5-17)8-11(12,13)14/h9,15,17H,3-8H2,1-2H3. The van der Waals surface area contributed by atoms with Gasteiger partial charge in [-0.3, -0.25) is 4.90 Å². The van der Waals surface area contributed by atoms with E-state index in [0.29, 0.717) is 12.1 Å². The fraction of sp³-hybridized carbons (Fsp3) is 0.818. The van der Waals surface area contributed by atoms with Gasteiger partial charge in [-0.2, -0.15) is 13.2 Å². The highest BCUT2D eigenvalue weighted by molar-refractivity contribution is 5.00. The number of nitrogens with zero attached hydrogens (tertiary/aromatic N) is 1. The van der Waals surface area contributed by atoms with Crippen molar-refractivity contribution in [3.05, 3.63) is 12.2 Å². The van der Waals surface area contributed by atoms with Gasteiger partial charge in [-0.15, -0.1) is 0 Å². The number of hydrogen-bond acceptors (Lipinski definition) is 3. The van der Waals surface area contributed by atoms with E-state index < -0.39 is 12.7 Å². The monoisotopic (exact) mass is 254 g/mol. The Morgan fingerprint density at radius 3 is 2.41 bits per heavy atom. The zero-order valence-corrected chi connectivity index (χ0v) is 10.3. The summed E-state index contributed by atoms with van der Waals surface area (Å²) in [5.41, 5.74) is 0.677. The van der Waals surface area contributed by atoms with Crippen LogP contribution in [0, 0.1) is 0 Å². The Bertz CT molecular complexity index is 229. The molecule has 0 aliphatic carbocycles. The summed E-state index contributed by atoms with van der Waals surface area (Å²) in [5.74, 6) is 0. The normalized spacial score (nSPS) is 12.5. The Morgan fingerprint density at radius 1 is 1.41 bits per heavy atom. The first kappa shape index (κ1) is 16.4. The molecule has 0 aromatic carbocycles. The van der Waals surface area contributed by atoms with Crippen LogP contribution in [0.3, 0.4) is 0 Å². The third-order valence-electron chi connectivity index (χ3n) is 2.03. The third-order valence-corrected chi connectivity index (χ3v) is 2.03. The Balaban J connectivity index is 4.10. The lowest BCUT2D eigenvalue weighted by Crippen LogP contribution is -2.39. The summed E-state index contributed by atoms with van der Waals surface area (Å²) in [6.07, 6.45) is -4.25. The van der Waals surface area contributed by atoms with Crippen LogP contribution in [0.2, 0.25) is 0 Å². The highest BCUT2D eigenvalue weighted by Gasteiger charge is 2.30. The van der Waals surface area contributed by atoms with Gasteiger partial charge in [0.2, 0.25) is 0 Å². The predicted molar refractivity (Wildman–Crippen MR) is 61.9 cm³/mol. The smallest absolute Gasteiger partial charge is 0.395 e. The van der Waals surface area contributed by atoms with Crippen molar-refractivity contribution in [1.29, 1.82) is 0 Å². The number of alkyl halides is 3. The van der Waals surface area contributed by atoms with Crippen molar-refractivity contribution in [3.63, 3.8) is 0 Å². The molecule has 3 nitrogen and oxygen atoms in total. The zero-order chi connectivity index (χ0) is 13.5. The lowest BCUT2D eigenvalue weighted by molar-refractivity contribution is -0.145. The van der Waals surface area contributed by atoms with Crippen LogP contribution in [0.1, 0.15) is 13.8 Å². The lowest BCUT2D eigenvalue weighted by Gasteiger charge is -2.24. The minimum Gasteiger partial charge on any atom is -0.395 e. The van der Waals surface area contributed by atoms with E-state index >= 15 is 0 Å². The van der Waals surface area contributed by atoms with Crippen molar-refractivity contribution in [2.24, 2.45) is 0 Å². The predicted octanol–water partition coefficient (Wildman–Crippen LogP) is 1.40. The zero-order valence-electron chi connectivity index (χ0n) is 10.3. The molecular formula is C11H21F3N2O. The molecule has 17 heavy (non-hydrogen) atoms. The Hall–Kier alpha value is -0.590. The van der Waals surface area contributed by atoms with E-state index in [1.54, 1.807) is 0 Å². The SMILES string of the molecule is C=C(CNC(C)C)CN(CCO)CC(F)(F)F. The van der Waals surface area contributed by atoms with Crippen molar-refractivity contribution in [1.82, 2.24) is 10.2 Å². The second-order valence-corrected chi connectivity index (χ2v) is 4.34. The van der Waals surface area contributed by atoms with E-state index in [9.17, 15) is 13.2 Å². The third kappa shape index (κ3) is 10.3. The van der Waals surface area contributed by atoms with Gasteiger partial charge in [-0.1, -0.05) is 20.4 Å². The van der Waals surface area contributed by atoms with E-state index in [1.165, 1.54) is 0 Å². The molecule has 102 valence electrons. The van der Waals surface area contributed by atoms with Gasteiger partial charge < -0.3 is 10.4 Å². The molecule has 2 N–H and O–H groups in total. The van der Waals surface area contributed by atoms with Crippen LogP contribution in [0.15, 0.2) is 12.2 Å². The average Bonchev–Trinajstić information content (AvgIpc) is 2.12. The number of aliphatic hydroxyl groups is 1. The minimum absolute atomic E-state index is 0.000207. The average molecular weight is 254 g/mol. The van der Waals surface area contributed by atoms with E-state index in [2.05, 4.69) is 11.9 Å². The molecule has 0 saturated carbocycles. The minimum atomic E-state index is -4.25. The topological polar surface area (TPSA) is 35.5 Å². The van der Waals surface area contributed by atoms with Crippen LogP contribution in [0.25, 0.3) is 0 Å². The second kappa shape index (κ2) is 7.68. The van der Waals surface area contributed by atoms with Crippen LogP contribution in [0.5, 0.6) is 0 Å². The molecule has 0 spiro atoms. The van der Waals surface area contributed by atoms with Crippen LogP contribution >= 0.6 is 0 Å². The molecule has 0 fully saturated rings. The largest absolute Gasteiger partial charge is 0.401 e. The van der Waals surface area contributed by atoms with E-state index in [0.717, 1.165) is 4.90 Å². The van der Waals surface area contributed by atoms with Crippen molar-refractivity contribution in [3.8, 4) is 0 Å². The van der Waals surface area contributed by atoms with Gasteiger partial charge in [0.1, 0.15) is 0 Å². The Morgan fingerprint density at radius 2 is 2.00 bits per heavy atom. The molecule has 0 rings (SSSR count). The first-order chi connectivity index (χ1) is 7.74. The van der Waals surface area contributed by atoms with Gasteiger partial charge in [0.05, 0.1) is 13.2 Å². The molecular weight excluding hydrogens is 233 g/mol. The highest BCUT2D eigenvalue weighted by Crippen LogP contribution is 2.16. The summed E-state index contributed by atoms with van der Waals surface area (Å²) in [6, 6.07) is 0.264. The van der Waals surface area contributed by atoms with Crippen LogP contribution in [-0.4, -0.2) is 55.0 Å². The van der Waals surface area contributed by atoms with Crippen LogP contribution in [0.4, 0.5) is 13.2 Å². The number of aliphatic hydroxyl groups excluding tert-OH is 1. The molecule has 0 saturated heterocycles. The maximum Gasteiger partial charge on any atom is 0.401 e. The first-order valence-electron chi connectivity index (χ1n) is 5.54. The van der Waals surface area contributed by atoms with Gasteiger partial charge in [-0.05, 0) is 5.57 Å². The summed E-state index contributed by atoms with van der Waals surface area (Å²) < 4.78 is 36.7. The number of rotatable bonds is 8. The first-order valence-corrected chi connectivity index (χ1v) is 5.54. The molecule has 0 bridgehead atoms. The summed E-state index contributed by atoms with van der Waals surface area (Å²) in [5, 5.41) is 11.8. The van der Waals surface area contributed by atoms with Gasteiger partial charge in [0, 0.05) is 25.7 Å². The van der Waals surface area contributed by atoms with Gasteiger partial charge in [0.25, 0.3) is 0 Å². The molecule has 0 amide bonds. The summed E-state index contributed by atoms with van der Waals surface area (Å²) in [6.45, 7) is 6.94. The van der Waals surface area contributed by atoms with Crippen molar-refractivity contribution < 1.29 is 18.3 Å². The highest BCUT2D eigenvalue weighted by atomic mass is 19.4. The fourth-order valence-electron chi connectivity index (χ4n) is 1.33. The molecule has 0 radical (unpaired) electrons. The molecule has 0 unspecified atom stereocenters. The second-order valence-electron chi connectivity index (χ2n) is 4.34. The van der Waals surface area contributed by atoms with Crippen molar-refractivity contribution in [2.75, 3.05) is 32.8 Å². The quantitative estimate of drug-likeness (QED) is 0.643. The summed E-state index contributed by atoms with van der Waals surface area (Å²) in [7, 11) is 0. The van der Waals surface area contributed by atoms with Gasteiger partial charge in [0.15, 0.2) is 0 Å². The molecule has 0 aliphatic heterocycles. The van der Waals surface area contributed by atoms with Gasteiger partial charge in [-0.25, -0.2) is 0 Å². The summed E-state index contributed by atoms with van der Waals surface area (Å²) in [4.78, 5) is 1.14. The molecule has 6 heteroatoms. The number of halogens is 3. The molecule has 0 heterocycles. The molecule has 0 aromatic rings. The van der Waals surface area contributed by atoms with Crippen molar-refractivity contribution >= 4 is 0 Å². The molecule has 0 aliphatic rings. The fourth-order valence-corrected chi connectivity index (χ4v) is 1.33. The van der Waals surface area contributed by atoms with Gasteiger partial charge >= 0.3 is 6.18 Å². The van der Waals surface area contributed by atoms with E-state index in [4.69, 9.17) is 5.11 Å². The molecule has 0 atom stereocenters. The Kier molecular flexibility index (Phi) is 7.41. The maximum atomic E-state index is 12.2.